The highest BCUT2D eigenvalue weighted by atomic mass is 79.9. The molecule has 11 heteroatoms. The van der Waals surface area contributed by atoms with Gasteiger partial charge in [-0.3, -0.25) is 4.79 Å². The van der Waals surface area contributed by atoms with Crippen LogP contribution < -0.4 is 20.1 Å². The first-order valence-electron chi connectivity index (χ1n) is 13.5. The van der Waals surface area contributed by atoms with Gasteiger partial charge in [-0.05, 0) is 89.3 Å². The summed E-state index contributed by atoms with van der Waals surface area (Å²) in [5, 5.41) is 11.9. The monoisotopic (exact) mass is 711 g/mol. The molecule has 0 bridgehead atoms. The number of carbonyl (C=O) groups excluding carboxylic acids is 1. The molecule has 0 fully saturated rings. The highest BCUT2D eigenvalue weighted by Crippen LogP contribution is 2.43. The quantitative estimate of drug-likeness (QED) is 0.161. The summed E-state index contributed by atoms with van der Waals surface area (Å²) in [6, 6.07) is 19.0. The van der Waals surface area contributed by atoms with E-state index in [4.69, 9.17) is 19.6 Å². The Labute approximate surface area is 266 Å². The number of benzene rings is 3. The normalized spacial score (nSPS) is 14.3. The number of aromatic nitrogens is 3. The topological polar surface area (TPSA) is 90.3 Å². The molecule has 0 radical (unpaired) electrons. The number of allylic oxidation sites excluding steroid dienone is 1. The molecule has 1 amide bonds. The molecule has 0 aliphatic carbocycles. The van der Waals surface area contributed by atoms with E-state index in [1.807, 2.05) is 74.5 Å². The molecule has 2 heterocycles. The molecule has 1 unspecified atom stereocenters. The van der Waals surface area contributed by atoms with Crippen LogP contribution in [0.25, 0.3) is 0 Å². The average Bonchev–Trinajstić information content (AvgIpc) is 3.36. The molecule has 4 aromatic rings. The van der Waals surface area contributed by atoms with Crippen LogP contribution in [0, 0.1) is 6.92 Å². The number of carbonyl (C=O) groups is 1. The fourth-order valence-electron chi connectivity index (χ4n) is 4.73. The molecule has 8 nitrogen and oxygen atoms in total. The van der Waals surface area contributed by atoms with E-state index >= 15 is 0 Å². The molecule has 3 aromatic carbocycles. The van der Waals surface area contributed by atoms with Crippen LogP contribution in [-0.4, -0.2) is 33.5 Å². The van der Waals surface area contributed by atoms with E-state index in [1.165, 1.54) is 0 Å². The lowest BCUT2D eigenvalue weighted by atomic mass is 9.94. The maximum Gasteiger partial charge on any atom is 0.255 e. The number of nitrogens with one attached hydrogen (secondary N) is 2. The molecule has 42 heavy (non-hydrogen) atoms. The summed E-state index contributed by atoms with van der Waals surface area (Å²) in [5.74, 6) is 2.34. The second-order valence-electron chi connectivity index (χ2n) is 9.85. The molecule has 1 atom stereocenters. The van der Waals surface area contributed by atoms with Crippen molar-refractivity contribution in [2.75, 3.05) is 23.5 Å². The molecule has 1 aliphatic rings. The summed E-state index contributed by atoms with van der Waals surface area (Å²) in [6.07, 6.45) is 0.998. The zero-order chi connectivity index (χ0) is 29.8. The smallest absolute Gasteiger partial charge is 0.255 e. The van der Waals surface area contributed by atoms with Crippen molar-refractivity contribution < 1.29 is 14.3 Å². The average molecular weight is 713 g/mol. The van der Waals surface area contributed by atoms with Crippen molar-refractivity contribution in [1.82, 2.24) is 14.8 Å². The van der Waals surface area contributed by atoms with E-state index in [0.29, 0.717) is 45.0 Å². The minimum absolute atomic E-state index is 0.232. The van der Waals surface area contributed by atoms with Crippen LogP contribution in [-0.2, 0) is 11.4 Å². The number of ether oxygens (including phenoxy) is 2. The van der Waals surface area contributed by atoms with E-state index in [9.17, 15) is 4.79 Å². The first-order valence-corrected chi connectivity index (χ1v) is 16.0. The van der Waals surface area contributed by atoms with Gasteiger partial charge in [-0.15, -0.1) is 5.10 Å². The van der Waals surface area contributed by atoms with Crippen molar-refractivity contribution in [3.8, 4) is 11.5 Å². The van der Waals surface area contributed by atoms with Crippen molar-refractivity contribution in [1.29, 1.82) is 0 Å². The van der Waals surface area contributed by atoms with Gasteiger partial charge in [-0.2, -0.15) is 4.98 Å². The number of nitrogens with zero attached hydrogens (tertiary/aromatic N) is 3. The Hall–Kier alpha value is -3.28. The summed E-state index contributed by atoms with van der Waals surface area (Å²) in [4.78, 5) is 18.6. The van der Waals surface area contributed by atoms with Gasteiger partial charge in [0.2, 0.25) is 11.1 Å². The van der Waals surface area contributed by atoms with Crippen molar-refractivity contribution in [2.24, 2.45) is 0 Å². The van der Waals surface area contributed by atoms with Crippen molar-refractivity contribution >= 4 is 61.2 Å². The minimum Gasteiger partial charge on any atom is -0.493 e. The summed E-state index contributed by atoms with van der Waals surface area (Å²) in [5.41, 5.74) is 4.80. The van der Waals surface area contributed by atoms with Crippen LogP contribution in [0.5, 0.6) is 11.5 Å². The maximum absolute atomic E-state index is 13.9. The Morgan fingerprint density at radius 2 is 1.93 bits per heavy atom. The van der Waals surface area contributed by atoms with Crippen molar-refractivity contribution in [3.63, 3.8) is 0 Å². The Morgan fingerprint density at radius 1 is 1.12 bits per heavy atom. The third-order valence-electron chi connectivity index (χ3n) is 6.63. The van der Waals surface area contributed by atoms with Crippen molar-refractivity contribution in [3.05, 3.63) is 97.6 Å². The number of anilines is 2. The Bertz CT molecular complexity index is 1660. The number of methoxy groups -OCH3 is 1. The molecule has 218 valence electrons. The predicted octanol–water partition coefficient (Wildman–Crippen LogP) is 8.13. The number of halogens is 2. The standard InChI is InChI=1S/C31H31Br2N5O3S/c1-5-12-42-31-36-30-34-19(3)26(29(39)35-23-11-6-8-18(2)13-23)27(38(30)37-31)21-15-24(33)28(25(16-21)40-4)41-17-20-9-7-10-22(32)14-20/h6-11,13-16,27H,5,12,17H2,1-4H3,(H,35,39)(H,34,36,37). The predicted molar refractivity (Wildman–Crippen MR) is 174 cm³/mol. The van der Waals surface area contributed by atoms with E-state index < -0.39 is 6.04 Å². The van der Waals surface area contributed by atoms with Gasteiger partial charge < -0.3 is 20.1 Å². The fraction of sp³-hybridized carbons (Fsp3) is 0.258. The van der Waals surface area contributed by atoms with Crippen LogP contribution in [0.2, 0.25) is 0 Å². The molecule has 2 N–H and O–H groups in total. The number of thioether (sulfide) groups is 1. The zero-order valence-electron chi connectivity index (χ0n) is 23.7. The van der Waals surface area contributed by atoms with Gasteiger partial charge in [0.05, 0.1) is 17.2 Å². The van der Waals surface area contributed by atoms with Crippen LogP contribution in [0.15, 0.2) is 86.0 Å². The van der Waals surface area contributed by atoms with Gasteiger partial charge in [-0.1, -0.05) is 58.9 Å². The molecule has 5 rings (SSSR count). The molecular formula is C31H31Br2N5O3S. The molecule has 0 saturated heterocycles. The van der Waals surface area contributed by atoms with E-state index in [2.05, 4.69) is 49.4 Å². The minimum atomic E-state index is -0.570. The SMILES string of the molecule is CCCSc1nc2n(n1)C(c1cc(Br)c(OCc3cccc(Br)c3)c(OC)c1)C(C(=O)Nc1cccc(C)c1)=C(C)N2. The highest BCUT2D eigenvalue weighted by Gasteiger charge is 2.35. The summed E-state index contributed by atoms with van der Waals surface area (Å²) >= 11 is 8.81. The number of hydrogen-bond acceptors (Lipinski definition) is 7. The second kappa shape index (κ2) is 13.4. The van der Waals surface area contributed by atoms with Crippen molar-refractivity contribution in [2.45, 2.75) is 45.0 Å². The number of amides is 1. The van der Waals surface area contributed by atoms with E-state index in [1.54, 1.807) is 23.6 Å². The van der Waals surface area contributed by atoms with Crippen LogP contribution in [0.4, 0.5) is 11.6 Å². The van der Waals surface area contributed by atoms with Gasteiger partial charge in [0, 0.05) is 21.6 Å². The number of hydrogen-bond donors (Lipinski definition) is 2. The molecule has 1 aromatic heterocycles. The fourth-order valence-corrected chi connectivity index (χ4v) is 6.43. The highest BCUT2D eigenvalue weighted by molar-refractivity contribution is 9.10. The maximum atomic E-state index is 13.9. The molecule has 0 saturated carbocycles. The summed E-state index contributed by atoms with van der Waals surface area (Å²) in [6.45, 7) is 6.35. The largest absolute Gasteiger partial charge is 0.493 e. The lowest BCUT2D eigenvalue weighted by Gasteiger charge is -2.29. The lowest BCUT2D eigenvalue weighted by Crippen LogP contribution is -2.31. The first kappa shape index (κ1) is 30.2. The Balaban J connectivity index is 1.55. The Morgan fingerprint density at radius 3 is 2.67 bits per heavy atom. The third kappa shape index (κ3) is 6.68. The summed E-state index contributed by atoms with van der Waals surface area (Å²) in [7, 11) is 1.60. The first-order chi connectivity index (χ1) is 20.3. The summed E-state index contributed by atoms with van der Waals surface area (Å²) < 4.78 is 15.5. The van der Waals surface area contributed by atoms with Crippen LogP contribution in [0.3, 0.4) is 0 Å². The van der Waals surface area contributed by atoms with Gasteiger partial charge in [0.25, 0.3) is 5.91 Å². The zero-order valence-corrected chi connectivity index (χ0v) is 27.7. The van der Waals surface area contributed by atoms with Crippen LogP contribution in [0.1, 0.15) is 43.0 Å². The van der Waals surface area contributed by atoms with Gasteiger partial charge in [0.15, 0.2) is 11.5 Å². The molecule has 0 spiro atoms. The second-order valence-corrected chi connectivity index (χ2v) is 12.7. The molecule has 1 aliphatic heterocycles. The number of fused-ring (bicyclic) bond motifs is 1. The third-order valence-corrected chi connectivity index (χ3v) is 8.75. The number of rotatable bonds is 10. The van der Waals surface area contributed by atoms with Gasteiger partial charge in [-0.25, -0.2) is 4.68 Å². The number of aryl methyl sites for hydroxylation is 1. The molecular weight excluding hydrogens is 682 g/mol. The van der Waals surface area contributed by atoms with E-state index in [0.717, 1.165) is 39.0 Å². The Kier molecular flexibility index (Phi) is 9.60. The van der Waals surface area contributed by atoms with E-state index in [-0.39, 0.29) is 5.91 Å². The lowest BCUT2D eigenvalue weighted by molar-refractivity contribution is -0.113. The van der Waals surface area contributed by atoms with Crippen LogP contribution >= 0.6 is 43.6 Å². The van der Waals surface area contributed by atoms with Gasteiger partial charge >= 0.3 is 0 Å². The van der Waals surface area contributed by atoms with Gasteiger partial charge in [0.1, 0.15) is 12.6 Å².